The summed E-state index contributed by atoms with van der Waals surface area (Å²) in [7, 11) is 0. The van der Waals surface area contributed by atoms with Crippen LogP contribution in [0.25, 0.3) is 6.08 Å². The number of halogens is 1. The number of nitrogen functional groups attached to an aromatic ring is 1. The first-order valence-electron chi connectivity index (χ1n) is 5.94. The summed E-state index contributed by atoms with van der Waals surface area (Å²) in [4.78, 5) is 11.1. The number of nitrogens with two attached hydrogens (primary N) is 1. The van der Waals surface area contributed by atoms with E-state index in [-0.39, 0.29) is 5.97 Å². The van der Waals surface area contributed by atoms with E-state index in [1.165, 1.54) is 12.5 Å². The largest absolute Gasteiger partial charge is 0.463 e. The van der Waals surface area contributed by atoms with Gasteiger partial charge < -0.3 is 10.5 Å². The van der Waals surface area contributed by atoms with Crippen LogP contribution in [0.3, 0.4) is 0 Å². The van der Waals surface area contributed by atoms with Crippen molar-refractivity contribution in [2.45, 2.75) is 27.2 Å². The molecule has 0 bridgehead atoms. The minimum atomic E-state index is -0.364. The maximum atomic E-state index is 11.1. The zero-order chi connectivity index (χ0) is 14.0. The number of carbonyl (C=O) groups excluding carboxylic acids is 1. The number of benzene rings is 1. The Bertz CT molecular complexity index is 403. The molecule has 0 saturated carbocycles. The Morgan fingerprint density at radius 2 is 2.00 bits per heavy atom. The average molecular weight is 314 g/mol. The highest BCUT2D eigenvalue weighted by molar-refractivity contribution is 9.10. The molecule has 0 radical (unpaired) electrons. The van der Waals surface area contributed by atoms with E-state index in [0.717, 1.165) is 10.0 Å². The number of carbonyl (C=O) groups is 1. The molecule has 2 N–H and O–H groups in total. The van der Waals surface area contributed by atoms with Crippen molar-refractivity contribution in [3.05, 3.63) is 34.3 Å². The van der Waals surface area contributed by atoms with Crippen molar-refractivity contribution in [3.8, 4) is 0 Å². The summed E-state index contributed by atoms with van der Waals surface area (Å²) in [6.07, 6.45) is 4.25. The van der Waals surface area contributed by atoms with Crippen molar-refractivity contribution in [2.75, 3.05) is 12.3 Å². The predicted molar refractivity (Wildman–Crippen MR) is 80.2 cm³/mol. The molecule has 0 fully saturated rings. The van der Waals surface area contributed by atoms with Crippen LogP contribution in [0.5, 0.6) is 0 Å². The molecular weight excluding hydrogens is 294 g/mol. The lowest BCUT2D eigenvalue weighted by molar-refractivity contribution is -0.137. The molecule has 1 aromatic carbocycles. The molecule has 0 amide bonds. The van der Waals surface area contributed by atoms with Crippen LogP contribution in [0.2, 0.25) is 0 Å². The van der Waals surface area contributed by atoms with Crippen molar-refractivity contribution in [3.63, 3.8) is 0 Å². The van der Waals surface area contributed by atoms with Crippen molar-refractivity contribution in [1.29, 1.82) is 0 Å². The number of ether oxygens (including phenoxy) is 1. The molecule has 0 aliphatic carbocycles. The van der Waals surface area contributed by atoms with E-state index in [4.69, 9.17) is 10.5 Å². The third kappa shape index (κ3) is 7.12. The first kappa shape index (κ1) is 16.7. The molecular formula is C14H20BrNO2. The molecule has 0 heterocycles. The van der Waals surface area contributed by atoms with Crippen molar-refractivity contribution in [2.24, 2.45) is 0 Å². The summed E-state index contributed by atoms with van der Waals surface area (Å²) < 4.78 is 5.67. The molecule has 0 atom stereocenters. The minimum absolute atomic E-state index is 0.364. The number of hydrogen-bond acceptors (Lipinski definition) is 3. The second-order valence-corrected chi connectivity index (χ2v) is 4.48. The standard InChI is InChI=1S/C11H12BrNO2.C3H8/c1-2-15-11(14)6-3-8-7-9(12)4-5-10(8)13;1-3-2/h3-7H,2,13H2,1H3;3H2,1-2H3/b6-3+;. The Hall–Kier alpha value is -1.29. The van der Waals surface area contributed by atoms with Crippen molar-refractivity contribution >= 4 is 33.7 Å². The normalized spacial score (nSPS) is 9.78. The van der Waals surface area contributed by atoms with Crippen LogP contribution in [-0.4, -0.2) is 12.6 Å². The van der Waals surface area contributed by atoms with Crippen molar-refractivity contribution in [1.82, 2.24) is 0 Å². The fourth-order valence-electron chi connectivity index (χ4n) is 1.04. The summed E-state index contributed by atoms with van der Waals surface area (Å²) in [5.74, 6) is -0.364. The third-order valence-corrected chi connectivity index (χ3v) is 2.23. The predicted octanol–water partition coefficient (Wildman–Crippen LogP) is 4.02. The summed E-state index contributed by atoms with van der Waals surface area (Å²) in [5.41, 5.74) is 7.14. The van der Waals surface area contributed by atoms with Gasteiger partial charge in [0.15, 0.2) is 0 Å². The lowest BCUT2D eigenvalue weighted by Gasteiger charge is -2.00. The molecule has 4 heteroatoms. The molecule has 0 aromatic heterocycles. The average Bonchev–Trinajstić information content (AvgIpc) is 2.32. The Kier molecular flexibility index (Phi) is 9.01. The molecule has 0 aliphatic rings. The van der Waals surface area contributed by atoms with Crippen LogP contribution in [0, 0.1) is 0 Å². The van der Waals surface area contributed by atoms with Crippen LogP contribution < -0.4 is 5.73 Å². The van der Waals surface area contributed by atoms with Gasteiger partial charge in [-0.2, -0.15) is 0 Å². The Morgan fingerprint density at radius 1 is 1.39 bits per heavy atom. The van der Waals surface area contributed by atoms with E-state index in [0.29, 0.717) is 12.3 Å². The Labute approximate surface area is 117 Å². The Balaban J connectivity index is 0.000000873. The third-order valence-electron chi connectivity index (χ3n) is 1.73. The zero-order valence-corrected chi connectivity index (χ0v) is 12.7. The van der Waals surface area contributed by atoms with Gasteiger partial charge in [-0.1, -0.05) is 36.2 Å². The lowest BCUT2D eigenvalue weighted by Crippen LogP contribution is -1.99. The van der Waals surface area contributed by atoms with Gasteiger partial charge in [-0.05, 0) is 36.8 Å². The number of anilines is 1. The van der Waals surface area contributed by atoms with E-state index >= 15 is 0 Å². The zero-order valence-electron chi connectivity index (χ0n) is 11.1. The van der Waals surface area contributed by atoms with Gasteiger partial charge in [0, 0.05) is 16.2 Å². The molecule has 0 spiro atoms. The lowest BCUT2D eigenvalue weighted by atomic mass is 10.2. The summed E-state index contributed by atoms with van der Waals surface area (Å²) in [6.45, 7) is 6.39. The van der Waals surface area contributed by atoms with Gasteiger partial charge in [-0.25, -0.2) is 4.79 Å². The molecule has 0 aliphatic heterocycles. The number of hydrogen-bond donors (Lipinski definition) is 1. The fraction of sp³-hybridized carbons (Fsp3) is 0.357. The second-order valence-electron chi connectivity index (χ2n) is 3.57. The van der Waals surface area contributed by atoms with Crippen molar-refractivity contribution < 1.29 is 9.53 Å². The quantitative estimate of drug-likeness (QED) is 0.521. The molecule has 1 aromatic rings. The smallest absolute Gasteiger partial charge is 0.330 e. The van der Waals surface area contributed by atoms with Gasteiger partial charge >= 0.3 is 5.97 Å². The first-order chi connectivity index (χ1) is 8.54. The highest BCUT2D eigenvalue weighted by Crippen LogP contribution is 2.19. The van der Waals surface area contributed by atoms with Crippen LogP contribution in [0.15, 0.2) is 28.7 Å². The van der Waals surface area contributed by atoms with E-state index in [9.17, 15) is 4.79 Å². The second kappa shape index (κ2) is 9.71. The topological polar surface area (TPSA) is 52.3 Å². The maximum absolute atomic E-state index is 11.1. The fourth-order valence-corrected chi connectivity index (χ4v) is 1.42. The van der Waals surface area contributed by atoms with Crippen LogP contribution in [0.4, 0.5) is 5.69 Å². The maximum Gasteiger partial charge on any atom is 0.330 e. The van der Waals surface area contributed by atoms with E-state index < -0.39 is 0 Å². The SMILES string of the molecule is CCC.CCOC(=O)/C=C/c1cc(Br)ccc1N. The highest BCUT2D eigenvalue weighted by Gasteiger charge is 1.98. The van der Waals surface area contributed by atoms with Crippen LogP contribution >= 0.6 is 15.9 Å². The van der Waals surface area contributed by atoms with Gasteiger partial charge in [-0.15, -0.1) is 0 Å². The monoisotopic (exact) mass is 313 g/mol. The summed E-state index contributed by atoms with van der Waals surface area (Å²) in [5, 5.41) is 0. The molecule has 100 valence electrons. The molecule has 3 nitrogen and oxygen atoms in total. The van der Waals surface area contributed by atoms with E-state index in [1.54, 1.807) is 19.1 Å². The minimum Gasteiger partial charge on any atom is -0.463 e. The molecule has 1 rings (SSSR count). The van der Waals surface area contributed by atoms with E-state index in [1.807, 2.05) is 12.1 Å². The molecule has 0 unspecified atom stereocenters. The molecule has 18 heavy (non-hydrogen) atoms. The van der Waals surface area contributed by atoms with Gasteiger partial charge in [0.1, 0.15) is 0 Å². The van der Waals surface area contributed by atoms with Crippen LogP contribution in [0.1, 0.15) is 32.8 Å². The first-order valence-corrected chi connectivity index (χ1v) is 6.74. The highest BCUT2D eigenvalue weighted by atomic mass is 79.9. The Morgan fingerprint density at radius 3 is 2.56 bits per heavy atom. The van der Waals surface area contributed by atoms with Crippen LogP contribution in [-0.2, 0) is 9.53 Å². The van der Waals surface area contributed by atoms with Gasteiger partial charge in [0.25, 0.3) is 0 Å². The number of rotatable bonds is 3. The summed E-state index contributed by atoms with van der Waals surface area (Å²) in [6, 6.07) is 5.46. The van der Waals surface area contributed by atoms with Gasteiger partial charge in [0.2, 0.25) is 0 Å². The summed E-state index contributed by atoms with van der Waals surface area (Å²) >= 11 is 3.33. The van der Waals surface area contributed by atoms with Gasteiger partial charge in [-0.3, -0.25) is 0 Å². The van der Waals surface area contributed by atoms with E-state index in [2.05, 4.69) is 29.8 Å². The van der Waals surface area contributed by atoms with Gasteiger partial charge in [0.05, 0.1) is 6.61 Å². The molecule has 0 saturated heterocycles. The number of esters is 1.